The molecule has 0 fully saturated rings. The Bertz CT molecular complexity index is 1390. The van der Waals surface area contributed by atoms with Crippen LogP contribution in [0, 0.1) is 0 Å². The Morgan fingerprint density at radius 3 is 0.938 bits per heavy atom. The summed E-state index contributed by atoms with van der Waals surface area (Å²) in [7, 11) is 0. The molecule has 5 rings (SSSR count). The summed E-state index contributed by atoms with van der Waals surface area (Å²) >= 11 is 0. The summed E-state index contributed by atoms with van der Waals surface area (Å²) in [6.07, 6.45) is 8.01. The number of hydrogen-bond acceptors (Lipinski definition) is 2. The van der Waals surface area contributed by atoms with Crippen LogP contribution >= 0.6 is 0 Å². The number of carbonyl (C=O) groups excluding carboxylic acids is 2. The number of rotatable bonds is 0. The predicted octanol–water partition coefficient (Wildman–Crippen LogP) is 5.25. The van der Waals surface area contributed by atoms with E-state index in [4.69, 9.17) is 0 Å². The summed E-state index contributed by atoms with van der Waals surface area (Å²) in [5, 5.41) is 6.83. The molecule has 32 heavy (non-hydrogen) atoms. The zero-order chi connectivity index (χ0) is 22.6. The van der Waals surface area contributed by atoms with Crippen LogP contribution in [-0.4, -0.2) is 11.6 Å². The van der Waals surface area contributed by atoms with Crippen molar-refractivity contribution in [2.75, 3.05) is 0 Å². The molecule has 0 bridgehead atoms. The van der Waals surface area contributed by atoms with Gasteiger partial charge in [0.15, 0.2) is 11.6 Å². The van der Waals surface area contributed by atoms with Gasteiger partial charge in [-0.05, 0) is 117 Å². The van der Waals surface area contributed by atoms with Crippen molar-refractivity contribution >= 4 is 44.3 Å². The minimum atomic E-state index is 0.0997. The molecule has 156 valence electrons. The molecule has 0 heterocycles. The van der Waals surface area contributed by atoms with E-state index < -0.39 is 0 Å². The van der Waals surface area contributed by atoms with Crippen LogP contribution in [0.2, 0.25) is 0 Å². The molecule has 0 saturated carbocycles. The monoisotopic (exact) mass is 416 g/mol. The number of ketones is 2. The van der Waals surface area contributed by atoms with E-state index in [9.17, 15) is 9.59 Å². The first-order valence-corrected chi connectivity index (χ1v) is 10.9. The molecule has 0 aromatic heterocycles. The minimum absolute atomic E-state index is 0.0997. The summed E-state index contributed by atoms with van der Waals surface area (Å²) in [5.41, 5.74) is 5.15. The van der Waals surface area contributed by atoms with Crippen LogP contribution in [0.4, 0.5) is 0 Å². The molecule has 0 amide bonds. The van der Waals surface area contributed by atoms with E-state index in [0.717, 1.165) is 65.4 Å². The first-order chi connectivity index (χ1) is 15.4. The number of allylic oxidation sites excluding steroid dienone is 8. The van der Waals surface area contributed by atoms with Crippen molar-refractivity contribution in [3.63, 3.8) is 0 Å². The quantitative estimate of drug-likeness (QED) is 0.470. The molecule has 0 N–H and O–H groups in total. The summed E-state index contributed by atoms with van der Waals surface area (Å²) in [5.74, 6) is 0.199. The molecule has 3 aromatic carbocycles. The van der Waals surface area contributed by atoms with Crippen molar-refractivity contribution in [1.29, 1.82) is 0 Å². The third kappa shape index (κ3) is 3.03. The van der Waals surface area contributed by atoms with E-state index in [1.165, 1.54) is 0 Å². The van der Waals surface area contributed by atoms with Gasteiger partial charge in [0.2, 0.25) is 0 Å². The first kappa shape index (κ1) is 20.1. The maximum Gasteiger partial charge on any atom is 0.184 e. The average Bonchev–Trinajstić information content (AvgIpc) is 2.78. The Morgan fingerprint density at radius 1 is 0.438 bits per heavy atom. The van der Waals surface area contributed by atoms with Crippen molar-refractivity contribution in [1.82, 2.24) is 0 Å². The molecule has 0 radical (unpaired) electrons. The highest BCUT2D eigenvalue weighted by molar-refractivity contribution is 6.15. The number of fused-ring (bicyclic) bond motifs is 2. The molecule has 3 aromatic rings. The zero-order valence-corrected chi connectivity index (χ0v) is 18.7. The molecule has 2 aliphatic carbocycles. The third-order valence-electron chi connectivity index (χ3n) is 6.43. The lowest BCUT2D eigenvalue weighted by molar-refractivity contribution is -0.113. The fraction of sp³-hybridized carbons (Fsp3) is 0.133. The van der Waals surface area contributed by atoms with Gasteiger partial charge in [-0.1, -0.05) is 48.5 Å². The van der Waals surface area contributed by atoms with E-state index in [0.29, 0.717) is 0 Å². The van der Waals surface area contributed by atoms with Crippen LogP contribution in [0.15, 0.2) is 95.1 Å². The largest absolute Gasteiger partial charge is 0.289 e. The maximum atomic E-state index is 12.4. The molecular weight excluding hydrogens is 392 g/mol. The molecule has 2 heteroatoms. The SMILES string of the molecule is CC1=CC(=c2c3ccccc3c(=C3C=C(C)C(=O)C(C)=C3)c3ccccc23)C=C(C)C1=O. The summed E-state index contributed by atoms with van der Waals surface area (Å²) < 4.78 is 0. The van der Waals surface area contributed by atoms with Gasteiger partial charge < -0.3 is 0 Å². The summed E-state index contributed by atoms with van der Waals surface area (Å²) in [6.45, 7) is 7.53. The molecule has 0 atom stereocenters. The van der Waals surface area contributed by atoms with E-state index in [1.807, 2.05) is 52.0 Å². The lowest BCUT2D eigenvalue weighted by Crippen LogP contribution is -2.20. The Hall–Kier alpha value is -3.78. The van der Waals surface area contributed by atoms with Gasteiger partial charge in [-0.3, -0.25) is 9.59 Å². The van der Waals surface area contributed by atoms with Crippen molar-refractivity contribution in [2.24, 2.45) is 0 Å². The van der Waals surface area contributed by atoms with Gasteiger partial charge in [0.1, 0.15) is 0 Å². The molecular formula is C30H24O2. The average molecular weight is 417 g/mol. The van der Waals surface area contributed by atoms with Crippen molar-refractivity contribution < 1.29 is 9.59 Å². The fourth-order valence-electron chi connectivity index (χ4n) is 4.94. The van der Waals surface area contributed by atoms with Crippen LogP contribution in [0.3, 0.4) is 0 Å². The van der Waals surface area contributed by atoms with Crippen LogP contribution in [0.5, 0.6) is 0 Å². The number of Topliss-reactive ketones (excluding diaryl/α,β-unsaturated/α-hetero) is 2. The molecule has 0 saturated heterocycles. The zero-order valence-electron chi connectivity index (χ0n) is 18.7. The molecule has 2 nitrogen and oxygen atoms in total. The molecule has 0 unspecified atom stereocenters. The van der Waals surface area contributed by atoms with Crippen LogP contribution in [0.25, 0.3) is 32.7 Å². The standard InChI is InChI=1S/C30H24O2/c1-17-13-21(14-18(2)29(17)31)27-23-9-5-7-11-25(23)28(26-12-8-6-10-24(26)27)22-15-19(3)30(32)20(4)16-22/h5-16H,1-4H3. The van der Waals surface area contributed by atoms with Crippen molar-refractivity contribution in [3.8, 4) is 0 Å². The smallest absolute Gasteiger partial charge is 0.184 e. The Labute approximate surface area is 187 Å². The van der Waals surface area contributed by atoms with Gasteiger partial charge in [0, 0.05) is 0 Å². The highest BCUT2D eigenvalue weighted by Crippen LogP contribution is 2.24. The van der Waals surface area contributed by atoms with Gasteiger partial charge >= 0.3 is 0 Å². The van der Waals surface area contributed by atoms with Gasteiger partial charge in [0.25, 0.3) is 0 Å². The van der Waals surface area contributed by atoms with E-state index in [-0.39, 0.29) is 11.6 Å². The Balaban J connectivity index is 2.10. The minimum Gasteiger partial charge on any atom is -0.289 e. The second kappa shape index (κ2) is 7.42. The van der Waals surface area contributed by atoms with E-state index >= 15 is 0 Å². The summed E-state index contributed by atoms with van der Waals surface area (Å²) in [4.78, 5) is 24.8. The third-order valence-corrected chi connectivity index (χ3v) is 6.43. The number of carbonyl (C=O) groups is 2. The highest BCUT2D eigenvalue weighted by atomic mass is 16.1. The lowest BCUT2D eigenvalue weighted by Gasteiger charge is -2.16. The van der Waals surface area contributed by atoms with Crippen molar-refractivity contribution in [3.05, 3.63) is 106 Å². The normalized spacial score (nSPS) is 16.9. The first-order valence-electron chi connectivity index (χ1n) is 10.9. The molecule has 0 aliphatic heterocycles. The highest BCUT2D eigenvalue weighted by Gasteiger charge is 2.18. The van der Waals surface area contributed by atoms with Crippen LogP contribution in [-0.2, 0) is 9.59 Å². The van der Waals surface area contributed by atoms with Gasteiger partial charge in [-0.2, -0.15) is 0 Å². The fourth-order valence-corrected chi connectivity index (χ4v) is 4.94. The predicted molar refractivity (Wildman–Crippen MR) is 133 cm³/mol. The van der Waals surface area contributed by atoms with Crippen molar-refractivity contribution in [2.45, 2.75) is 27.7 Å². The lowest BCUT2D eigenvalue weighted by atomic mass is 9.87. The van der Waals surface area contributed by atoms with Crippen LogP contribution < -0.4 is 10.4 Å². The van der Waals surface area contributed by atoms with E-state index in [1.54, 1.807) is 0 Å². The molecule has 2 aliphatic rings. The summed E-state index contributed by atoms with van der Waals surface area (Å²) in [6, 6.07) is 16.8. The van der Waals surface area contributed by atoms with Crippen LogP contribution in [0.1, 0.15) is 27.7 Å². The van der Waals surface area contributed by atoms with Gasteiger partial charge in [-0.25, -0.2) is 0 Å². The molecule has 0 spiro atoms. The topological polar surface area (TPSA) is 34.1 Å². The Kier molecular flexibility index (Phi) is 4.67. The number of hydrogen-bond donors (Lipinski definition) is 0. The maximum absolute atomic E-state index is 12.4. The number of benzene rings is 3. The van der Waals surface area contributed by atoms with Gasteiger partial charge in [-0.15, -0.1) is 0 Å². The van der Waals surface area contributed by atoms with E-state index in [2.05, 4.69) is 48.5 Å². The second-order valence-electron chi connectivity index (χ2n) is 8.72. The Morgan fingerprint density at radius 2 is 0.688 bits per heavy atom. The van der Waals surface area contributed by atoms with Gasteiger partial charge in [0.05, 0.1) is 0 Å². The second-order valence-corrected chi connectivity index (χ2v) is 8.72.